The fraction of sp³-hybridized carbons (Fsp3) is 0.562. The summed E-state index contributed by atoms with van der Waals surface area (Å²) in [5, 5.41) is 9.01. The van der Waals surface area contributed by atoms with Crippen molar-refractivity contribution in [1.29, 1.82) is 5.26 Å². The lowest BCUT2D eigenvalue weighted by atomic mass is 9.93. The molecule has 3 heteroatoms. The molecule has 1 aromatic rings. The van der Waals surface area contributed by atoms with Gasteiger partial charge in [-0.1, -0.05) is 6.92 Å². The van der Waals surface area contributed by atoms with Crippen LogP contribution in [0.15, 0.2) is 18.2 Å². The molecule has 0 N–H and O–H groups in total. The molecule has 0 spiro atoms. The van der Waals surface area contributed by atoms with E-state index in [2.05, 4.69) is 24.8 Å². The maximum Gasteiger partial charge on any atom is 0.123 e. The largest absolute Gasteiger partial charge is 0.496 e. The van der Waals surface area contributed by atoms with E-state index in [0.29, 0.717) is 11.6 Å². The second-order valence-electron chi connectivity index (χ2n) is 5.59. The first-order chi connectivity index (χ1) is 9.13. The summed E-state index contributed by atoms with van der Waals surface area (Å²) in [6.45, 7) is 6.61. The Balaban J connectivity index is 2.16. The molecule has 2 rings (SSSR count). The first-order valence-electron chi connectivity index (χ1n) is 6.95. The zero-order valence-corrected chi connectivity index (χ0v) is 12.0. The lowest BCUT2D eigenvalue weighted by Gasteiger charge is -2.36. The third kappa shape index (κ3) is 3.27. The summed E-state index contributed by atoms with van der Waals surface area (Å²) in [5.74, 6) is 1.70. The summed E-state index contributed by atoms with van der Waals surface area (Å²) in [7, 11) is 1.69. The summed E-state index contributed by atoms with van der Waals surface area (Å²) in [6, 6.07) is 8.45. The highest BCUT2D eigenvalue weighted by molar-refractivity contribution is 5.42. The molecule has 1 heterocycles. The van der Waals surface area contributed by atoms with E-state index in [9.17, 15) is 0 Å². The van der Waals surface area contributed by atoms with Gasteiger partial charge in [0, 0.05) is 18.2 Å². The van der Waals surface area contributed by atoms with Crippen molar-refractivity contribution in [2.24, 2.45) is 5.92 Å². The Morgan fingerprint density at radius 1 is 1.42 bits per heavy atom. The fourth-order valence-electron chi connectivity index (χ4n) is 2.88. The third-order valence-electron chi connectivity index (χ3n) is 4.06. The second kappa shape index (κ2) is 6.08. The molecule has 1 saturated heterocycles. The number of ether oxygens (including phenoxy) is 1. The van der Waals surface area contributed by atoms with E-state index in [1.807, 2.05) is 18.2 Å². The molecule has 0 aliphatic carbocycles. The van der Waals surface area contributed by atoms with Crippen LogP contribution in [0.2, 0.25) is 0 Å². The number of benzene rings is 1. The van der Waals surface area contributed by atoms with Crippen LogP contribution in [-0.2, 0) is 6.54 Å². The summed E-state index contributed by atoms with van der Waals surface area (Å²) >= 11 is 0. The van der Waals surface area contributed by atoms with Crippen molar-refractivity contribution in [2.45, 2.75) is 39.3 Å². The van der Waals surface area contributed by atoms with Gasteiger partial charge in [0.1, 0.15) is 5.75 Å². The van der Waals surface area contributed by atoms with E-state index < -0.39 is 0 Å². The van der Waals surface area contributed by atoms with Gasteiger partial charge in [0.2, 0.25) is 0 Å². The average molecular weight is 258 g/mol. The standard InChI is InChI=1S/C16H22N2O/c1-12-6-7-18(13(2)8-12)11-15-9-14(10-17)4-5-16(15)19-3/h4-5,9,12-13H,6-8,11H2,1-3H3. The number of methoxy groups -OCH3 is 1. The topological polar surface area (TPSA) is 36.3 Å². The number of hydrogen-bond donors (Lipinski definition) is 0. The minimum absolute atomic E-state index is 0.596. The van der Waals surface area contributed by atoms with E-state index >= 15 is 0 Å². The van der Waals surface area contributed by atoms with Gasteiger partial charge in [-0.3, -0.25) is 4.90 Å². The summed E-state index contributed by atoms with van der Waals surface area (Å²) in [4.78, 5) is 2.49. The van der Waals surface area contributed by atoms with Crippen molar-refractivity contribution >= 4 is 0 Å². The van der Waals surface area contributed by atoms with Gasteiger partial charge in [0.25, 0.3) is 0 Å². The molecule has 0 radical (unpaired) electrons. The van der Waals surface area contributed by atoms with Crippen LogP contribution in [0, 0.1) is 17.2 Å². The zero-order chi connectivity index (χ0) is 13.8. The lowest BCUT2D eigenvalue weighted by molar-refractivity contribution is 0.121. The van der Waals surface area contributed by atoms with Crippen LogP contribution < -0.4 is 4.74 Å². The van der Waals surface area contributed by atoms with Crippen LogP contribution >= 0.6 is 0 Å². The van der Waals surface area contributed by atoms with Crippen molar-refractivity contribution in [1.82, 2.24) is 4.90 Å². The molecule has 1 fully saturated rings. The fourth-order valence-corrected chi connectivity index (χ4v) is 2.88. The number of likely N-dealkylation sites (tertiary alicyclic amines) is 1. The van der Waals surface area contributed by atoms with Crippen LogP contribution in [-0.4, -0.2) is 24.6 Å². The molecule has 1 aromatic carbocycles. The minimum atomic E-state index is 0.596. The quantitative estimate of drug-likeness (QED) is 0.835. The highest BCUT2D eigenvalue weighted by Crippen LogP contribution is 2.27. The Hall–Kier alpha value is -1.53. The molecule has 102 valence electrons. The van der Waals surface area contributed by atoms with Gasteiger partial charge in [-0.05, 0) is 50.4 Å². The first-order valence-corrected chi connectivity index (χ1v) is 6.95. The highest BCUT2D eigenvalue weighted by atomic mass is 16.5. The zero-order valence-electron chi connectivity index (χ0n) is 12.0. The smallest absolute Gasteiger partial charge is 0.123 e. The molecule has 3 nitrogen and oxygen atoms in total. The maximum atomic E-state index is 9.01. The second-order valence-corrected chi connectivity index (χ2v) is 5.59. The number of rotatable bonds is 3. The van der Waals surface area contributed by atoms with Gasteiger partial charge < -0.3 is 4.74 Å². The normalized spacial score (nSPS) is 23.9. The van der Waals surface area contributed by atoms with Gasteiger partial charge in [0.15, 0.2) is 0 Å². The van der Waals surface area contributed by atoms with Crippen molar-refractivity contribution in [3.8, 4) is 11.8 Å². The molecular formula is C16H22N2O. The maximum absolute atomic E-state index is 9.01. The predicted molar refractivity (Wildman–Crippen MR) is 76.0 cm³/mol. The van der Waals surface area contributed by atoms with Crippen molar-refractivity contribution < 1.29 is 4.74 Å². The van der Waals surface area contributed by atoms with E-state index in [1.165, 1.54) is 12.8 Å². The molecule has 0 bridgehead atoms. The average Bonchev–Trinajstić information content (AvgIpc) is 2.41. The van der Waals surface area contributed by atoms with E-state index in [1.54, 1.807) is 7.11 Å². The molecule has 0 aromatic heterocycles. The number of piperidine rings is 1. The molecule has 0 amide bonds. The molecule has 0 saturated carbocycles. The van der Waals surface area contributed by atoms with Gasteiger partial charge in [-0.15, -0.1) is 0 Å². The van der Waals surface area contributed by atoms with Crippen LogP contribution in [0.5, 0.6) is 5.75 Å². The van der Waals surface area contributed by atoms with E-state index in [-0.39, 0.29) is 0 Å². The Morgan fingerprint density at radius 3 is 2.84 bits per heavy atom. The molecular weight excluding hydrogens is 236 g/mol. The molecule has 1 aliphatic rings. The third-order valence-corrected chi connectivity index (χ3v) is 4.06. The Morgan fingerprint density at radius 2 is 2.21 bits per heavy atom. The van der Waals surface area contributed by atoms with Crippen molar-refractivity contribution in [2.75, 3.05) is 13.7 Å². The van der Waals surface area contributed by atoms with Crippen LogP contribution in [0.1, 0.15) is 37.8 Å². The highest BCUT2D eigenvalue weighted by Gasteiger charge is 2.23. The molecule has 2 atom stereocenters. The Kier molecular flexibility index (Phi) is 4.44. The number of hydrogen-bond acceptors (Lipinski definition) is 3. The van der Waals surface area contributed by atoms with Crippen LogP contribution in [0.3, 0.4) is 0 Å². The summed E-state index contributed by atoms with van der Waals surface area (Å²) in [5.41, 5.74) is 1.82. The van der Waals surface area contributed by atoms with E-state index in [4.69, 9.17) is 10.00 Å². The van der Waals surface area contributed by atoms with Gasteiger partial charge >= 0.3 is 0 Å². The number of nitrogens with zero attached hydrogens (tertiary/aromatic N) is 2. The molecule has 19 heavy (non-hydrogen) atoms. The van der Waals surface area contributed by atoms with Crippen LogP contribution in [0.25, 0.3) is 0 Å². The summed E-state index contributed by atoms with van der Waals surface area (Å²) < 4.78 is 5.41. The SMILES string of the molecule is COc1ccc(C#N)cc1CN1CCC(C)CC1C. The van der Waals surface area contributed by atoms with Crippen molar-refractivity contribution in [3.63, 3.8) is 0 Å². The van der Waals surface area contributed by atoms with Crippen molar-refractivity contribution in [3.05, 3.63) is 29.3 Å². The summed E-state index contributed by atoms with van der Waals surface area (Å²) in [6.07, 6.45) is 2.50. The Bertz CT molecular complexity index is 478. The van der Waals surface area contributed by atoms with Gasteiger partial charge in [-0.25, -0.2) is 0 Å². The minimum Gasteiger partial charge on any atom is -0.496 e. The van der Waals surface area contributed by atoms with Gasteiger partial charge in [0.05, 0.1) is 18.7 Å². The molecule has 1 aliphatic heterocycles. The monoisotopic (exact) mass is 258 g/mol. The van der Waals surface area contributed by atoms with Gasteiger partial charge in [-0.2, -0.15) is 5.26 Å². The number of nitriles is 1. The Labute approximate surface area is 115 Å². The predicted octanol–water partition coefficient (Wildman–Crippen LogP) is 3.19. The van der Waals surface area contributed by atoms with Crippen LogP contribution in [0.4, 0.5) is 0 Å². The lowest BCUT2D eigenvalue weighted by Crippen LogP contribution is -2.39. The molecule has 2 unspecified atom stereocenters. The first kappa shape index (κ1) is 13.9. The van der Waals surface area contributed by atoms with E-state index in [0.717, 1.165) is 30.3 Å².